The molecule has 3 heteroatoms. The van der Waals surface area contributed by atoms with Crippen LogP contribution in [0.25, 0.3) is 0 Å². The third-order valence-electron chi connectivity index (χ3n) is 1.27. The summed E-state index contributed by atoms with van der Waals surface area (Å²) in [6, 6.07) is 5.99. The fraction of sp³-hybridized carbons (Fsp3) is 0.375. The molecular weight excluding hydrogens is 156 g/mol. The molecular formula is C8H12N2S. The summed E-state index contributed by atoms with van der Waals surface area (Å²) in [6.07, 6.45) is 0. The van der Waals surface area contributed by atoms with Crippen LogP contribution in [0, 0.1) is 0 Å². The zero-order valence-electron chi connectivity index (χ0n) is 6.79. The van der Waals surface area contributed by atoms with Crippen LogP contribution >= 0.6 is 11.8 Å². The second kappa shape index (κ2) is 4.23. The minimum atomic E-state index is 0.934. The molecule has 1 aromatic rings. The predicted molar refractivity (Wildman–Crippen MR) is 50.2 cm³/mol. The first-order chi connectivity index (χ1) is 5.36. The van der Waals surface area contributed by atoms with E-state index in [2.05, 4.69) is 17.2 Å². The molecule has 0 aliphatic rings. The van der Waals surface area contributed by atoms with Crippen molar-refractivity contribution in [1.29, 1.82) is 0 Å². The molecule has 0 unspecified atom stereocenters. The van der Waals surface area contributed by atoms with E-state index in [1.54, 1.807) is 11.8 Å². The number of hydrogen-bond donors (Lipinski definition) is 1. The van der Waals surface area contributed by atoms with Crippen molar-refractivity contribution in [2.75, 3.05) is 18.1 Å². The van der Waals surface area contributed by atoms with E-state index in [0.717, 1.165) is 16.6 Å². The van der Waals surface area contributed by atoms with Gasteiger partial charge in [0.25, 0.3) is 0 Å². The summed E-state index contributed by atoms with van der Waals surface area (Å²) in [5, 5.41) is 4.08. The van der Waals surface area contributed by atoms with Crippen LogP contribution in [0.2, 0.25) is 0 Å². The van der Waals surface area contributed by atoms with Crippen LogP contribution in [0.4, 0.5) is 5.82 Å². The van der Waals surface area contributed by atoms with Crippen molar-refractivity contribution in [3.05, 3.63) is 18.2 Å². The van der Waals surface area contributed by atoms with Gasteiger partial charge in [-0.3, -0.25) is 0 Å². The van der Waals surface area contributed by atoms with Gasteiger partial charge in [0.15, 0.2) is 0 Å². The average Bonchev–Trinajstić information content (AvgIpc) is 2.06. The van der Waals surface area contributed by atoms with Gasteiger partial charge >= 0.3 is 0 Å². The van der Waals surface area contributed by atoms with Gasteiger partial charge in [-0.25, -0.2) is 4.98 Å². The maximum Gasteiger partial charge on any atom is 0.126 e. The highest BCUT2D eigenvalue weighted by Gasteiger charge is 1.93. The maximum atomic E-state index is 4.33. The van der Waals surface area contributed by atoms with Crippen LogP contribution in [-0.2, 0) is 0 Å². The molecule has 1 rings (SSSR count). The lowest BCUT2D eigenvalue weighted by atomic mass is 10.5. The third kappa shape index (κ3) is 2.42. The lowest BCUT2D eigenvalue weighted by Crippen LogP contribution is -1.91. The van der Waals surface area contributed by atoms with Crippen molar-refractivity contribution < 1.29 is 0 Å². The molecule has 0 spiro atoms. The van der Waals surface area contributed by atoms with E-state index < -0.39 is 0 Å². The zero-order valence-corrected chi connectivity index (χ0v) is 7.61. The van der Waals surface area contributed by atoms with E-state index in [4.69, 9.17) is 0 Å². The van der Waals surface area contributed by atoms with Gasteiger partial charge in [-0.15, -0.1) is 11.8 Å². The topological polar surface area (TPSA) is 24.9 Å². The fourth-order valence-corrected chi connectivity index (χ4v) is 1.42. The molecule has 0 saturated carbocycles. The van der Waals surface area contributed by atoms with Gasteiger partial charge in [0.05, 0.1) is 5.03 Å². The third-order valence-corrected chi connectivity index (χ3v) is 2.08. The highest BCUT2D eigenvalue weighted by Crippen LogP contribution is 2.15. The van der Waals surface area contributed by atoms with E-state index >= 15 is 0 Å². The average molecular weight is 168 g/mol. The number of hydrogen-bond acceptors (Lipinski definition) is 3. The normalized spacial score (nSPS) is 9.64. The van der Waals surface area contributed by atoms with Gasteiger partial charge in [0.1, 0.15) is 5.82 Å². The summed E-state index contributed by atoms with van der Waals surface area (Å²) < 4.78 is 0. The lowest BCUT2D eigenvalue weighted by molar-refractivity contribution is 1.13. The number of anilines is 1. The summed E-state index contributed by atoms with van der Waals surface area (Å²) in [4.78, 5) is 4.33. The van der Waals surface area contributed by atoms with Gasteiger partial charge < -0.3 is 5.32 Å². The molecule has 0 saturated heterocycles. The first-order valence-corrected chi connectivity index (χ1v) is 4.63. The standard InChI is InChI=1S/C8H12N2S/c1-3-11-8-6-4-5-7(9-2)10-8/h4-6H,3H2,1-2H3,(H,9,10). The van der Waals surface area contributed by atoms with Crippen LogP contribution in [-0.4, -0.2) is 17.8 Å². The Morgan fingerprint density at radius 3 is 3.00 bits per heavy atom. The van der Waals surface area contributed by atoms with Crippen LogP contribution < -0.4 is 5.32 Å². The van der Waals surface area contributed by atoms with Crippen molar-refractivity contribution in [3.63, 3.8) is 0 Å². The summed E-state index contributed by atoms with van der Waals surface area (Å²) in [5.74, 6) is 2.00. The predicted octanol–water partition coefficient (Wildman–Crippen LogP) is 2.24. The van der Waals surface area contributed by atoms with Gasteiger partial charge in [-0.05, 0) is 17.9 Å². The van der Waals surface area contributed by atoms with Crippen molar-refractivity contribution in [2.24, 2.45) is 0 Å². The molecule has 0 amide bonds. The van der Waals surface area contributed by atoms with E-state index in [1.165, 1.54) is 0 Å². The van der Waals surface area contributed by atoms with Crippen LogP contribution in [0.3, 0.4) is 0 Å². The van der Waals surface area contributed by atoms with E-state index in [0.29, 0.717) is 0 Å². The Bertz CT molecular complexity index is 225. The summed E-state index contributed by atoms with van der Waals surface area (Å²) >= 11 is 1.75. The van der Waals surface area contributed by atoms with E-state index in [1.807, 2.05) is 25.2 Å². The highest BCUT2D eigenvalue weighted by atomic mass is 32.2. The fourth-order valence-electron chi connectivity index (χ4n) is 0.782. The first-order valence-electron chi connectivity index (χ1n) is 3.64. The van der Waals surface area contributed by atoms with Crippen LogP contribution in [0.1, 0.15) is 6.92 Å². The highest BCUT2D eigenvalue weighted by molar-refractivity contribution is 7.99. The molecule has 0 fully saturated rings. The number of pyridine rings is 1. The van der Waals surface area contributed by atoms with Crippen molar-refractivity contribution >= 4 is 17.6 Å². The Labute approximate surface area is 71.4 Å². The molecule has 1 heterocycles. The minimum Gasteiger partial charge on any atom is -0.373 e. The largest absolute Gasteiger partial charge is 0.373 e. The SMILES string of the molecule is CCSc1cccc(NC)n1. The lowest BCUT2D eigenvalue weighted by Gasteiger charge is -2.00. The molecule has 0 aliphatic heterocycles. The molecule has 11 heavy (non-hydrogen) atoms. The van der Waals surface area contributed by atoms with Crippen molar-refractivity contribution in [1.82, 2.24) is 4.98 Å². The summed E-state index contributed by atoms with van der Waals surface area (Å²) in [5.41, 5.74) is 0. The van der Waals surface area contributed by atoms with E-state index in [9.17, 15) is 0 Å². The van der Waals surface area contributed by atoms with Gasteiger partial charge in [-0.1, -0.05) is 13.0 Å². The number of nitrogens with one attached hydrogen (secondary N) is 1. The summed E-state index contributed by atoms with van der Waals surface area (Å²) in [6.45, 7) is 2.12. The van der Waals surface area contributed by atoms with Crippen LogP contribution in [0.15, 0.2) is 23.2 Å². The molecule has 1 N–H and O–H groups in total. The van der Waals surface area contributed by atoms with Gasteiger partial charge in [0.2, 0.25) is 0 Å². The van der Waals surface area contributed by atoms with Crippen LogP contribution in [0.5, 0.6) is 0 Å². The Morgan fingerprint density at radius 1 is 1.55 bits per heavy atom. The smallest absolute Gasteiger partial charge is 0.126 e. The first kappa shape index (κ1) is 8.40. The molecule has 0 atom stereocenters. The second-order valence-electron chi connectivity index (χ2n) is 2.04. The molecule has 0 bridgehead atoms. The van der Waals surface area contributed by atoms with Gasteiger partial charge in [0, 0.05) is 7.05 Å². The number of aromatic nitrogens is 1. The van der Waals surface area contributed by atoms with Gasteiger partial charge in [-0.2, -0.15) is 0 Å². The van der Waals surface area contributed by atoms with E-state index in [-0.39, 0.29) is 0 Å². The monoisotopic (exact) mass is 168 g/mol. The quantitative estimate of drug-likeness (QED) is 0.701. The van der Waals surface area contributed by atoms with Crippen molar-refractivity contribution in [2.45, 2.75) is 11.9 Å². The minimum absolute atomic E-state index is 0.934. The Morgan fingerprint density at radius 2 is 2.36 bits per heavy atom. The molecule has 1 aromatic heterocycles. The Hall–Kier alpha value is -0.700. The maximum absolute atomic E-state index is 4.33. The summed E-state index contributed by atoms with van der Waals surface area (Å²) in [7, 11) is 1.88. The molecule has 60 valence electrons. The molecule has 0 radical (unpaired) electrons. The van der Waals surface area contributed by atoms with Crippen molar-refractivity contribution in [3.8, 4) is 0 Å². The Kier molecular flexibility index (Phi) is 3.23. The molecule has 0 aliphatic carbocycles. The number of rotatable bonds is 3. The number of nitrogens with zero attached hydrogens (tertiary/aromatic N) is 1. The zero-order chi connectivity index (χ0) is 8.10. The second-order valence-corrected chi connectivity index (χ2v) is 3.33. The molecule has 0 aromatic carbocycles. The number of thioether (sulfide) groups is 1. The molecule has 2 nitrogen and oxygen atoms in total. The Balaban J connectivity index is 2.74.